The van der Waals surface area contributed by atoms with Gasteiger partial charge in [-0.1, -0.05) is 25.0 Å². The van der Waals surface area contributed by atoms with Gasteiger partial charge >= 0.3 is 0 Å². The van der Waals surface area contributed by atoms with Crippen molar-refractivity contribution in [1.82, 2.24) is 19.6 Å². The molecule has 0 atom stereocenters. The highest BCUT2D eigenvalue weighted by molar-refractivity contribution is 5.94. The predicted molar refractivity (Wildman–Crippen MR) is 109 cm³/mol. The standard InChI is InChI=1S/C22H32N4O/c1-18-16-19(2)26(23-18)17-20-8-10-21(11-9-20)22(27)24(3)14-15-25-12-6-4-5-7-13-25/h8-11,16H,4-7,12-15,17H2,1-3H3. The van der Waals surface area contributed by atoms with Gasteiger partial charge in [-0.3, -0.25) is 9.48 Å². The third kappa shape index (κ3) is 5.42. The van der Waals surface area contributed by atoms with Crippen LogP contribution in [0.3, 0.4) is 0 Å². The molecule has 1 aliphatic heterocycles. The maximum Gasteiger partial charge on any atom is 0.253 e. The second-order valence-electron chi connectivity index (χ2n) is 7.76. The van der Waals surface area contributed by atoms with Crippen LogP contribution < -0.4 is 0 Å². The summed E-state index contributed by atoms with van der Waals surface area (Å²) in [6.07, 6.45) is 5.26. The van der Waals surface area contributed by atoms with E-state index in [1.165, 1.54) is 38.8 Å². The fourth-order valence-electron chi connectivity index (χ4n) is 3.73. The van der Waals surface area contributed by atoms with Crippen LogP contribution in [0.1, 0.15) is 53.0 Å². The van der Waals surface area contributed by atoms with Crippen molar-refractivity contribution < 1.29 is 4.79 Å². The molecule has 1 saturated heterocycles. The van der Waals surface area contributed by atoms with Gasteiger partial charge in [-0.2, -0.15) is 5.10 Å². The highest BCUT2D eigenvalue weighted by Crippen LogP contribution is 2.12. The molecule has 27 heavy (non-hydrogen) atoms. The Hall–Kier alpha value is -2.14. The van der Waals surface area contributed by atoms with Crippen molar-refractivity contribution in [2.45, 2.75) is 46.1 Å². The molecule has 1 aromatic heterocycles. The molecule has 1 aromatic carbocycles. The van der Waals surface area contributed by atoms with Gasteiger partial charge in [0.25, 0.3) is 5.91 Å². The highest BCUT2D eigenvalue weighted by Gasteiger charge is 2.14. The molecule has 2 aromatic rings. The minimum absolute atomic E-state index is 0.0995. The number of amides is 1. The Morgan fingerprint density at radius 3 is 2.33 bits per heavy atom. The number of carbonyl (C=O) groups is 1. The summed E-state index contributed by atoms with van der Waals surface area (Å²) >= 11 is 0. The number of likely N-dealkylation sites (tertiary alicyclic amines) is 1. The lowest BCUT2D eigenvalue weighted by Gasteiger charge is -2.24. The molecule has 1 aliphatic rings. The van der Waals surface area contributed by atoms with Crippen LogP contribution in [0.2, 0.25) is 0 Å². The van der Waals surface area contributed by atoms with Crippen LogP contribution >= 0.6 is 0 Å². The van der Waals surface area contributed by atoms with Gasteiger partial charge in [-0.25, -0.2) is 0 Å². The lowest BCUT2D eigenvalue weighted by molar-refractivity contribution is 0.0778. The summed E-state index contributed by atoms with van der Waals surface area (Å²) in [5.41, 5.74) is 4.10. The van der Waals surface area contributed by atoms with Gasteiger partial charge in [0.05, 0.1) is 12.2 Å². The van der Waals surface area contributed by atoms with Crippen LogP contribution in [0.4, 0.5) is 0 Å². The number of carbonyl (C=O) groups excluding carboxylic acids is 1. The minimum atomic E-state index is 0.0995. The van der Waals surface area contributed by atoms with Gasteiger partial charge in [-0.05, 0) is 63.5 Å². The first kappa shape index (κ1) is 19.6. The van der Waals surface area contributed by atoms with Crippen molar-refractivity contribution in [3.05, 3.63) is 52.8 Å². The Labute approximate surface area is 163 Å². The SMILES string of the molecule is Cc1cc(C)n(Cc2ccc(C(=O)N(C)CCN3CCCCCC3)cc2)n1. The van der Waals surface area contributed by atoms with E-state index in [2.05, 4.69) is 23.0 Å². The van der Waals surface area contributed by atoms with Crippen molar-refractivity contribution in [3.8, 4) is 0 Å². The van der Waals surface area contributed by atoms with Crippen LogP contribution in [0.25, 0.3) is 0 Å². The van der Waals surface area contributed by atoms with Crippen LogP contribution in [-0.4, -0.2) is 58.7 Å². The molecule has 0 spiro atoms. The molecule has 0 N–H and O–H groups in total. The fraction of sp³-hybridized carbons (Fsp3) is 0.545. The molecule has 0 saturated carbocycles. The van der Waals surface area contributed by atoms with Crippen molar-refractivity contribution in [1.29, 1.82) is 0 Å². The maximum absolute atomic E-state index is 12.7. The molecule has 5 nitrogen and oxygen atoms in total. The Morgan fingerprint density at radius 2 is 1.74 bits per heavy atom. The number of benzene rings is 1. The quantitative estimate of drug-likeness (QED) is 0.784. The zero-order valence-corrected chi connectivity index (χ0v) is 16.9. The van der Waals surface area contributed by atoms with E-state index < -0.39 is 0 Å². The third-order valence-electron chi connectivity index (χ3n) is 5.43. The predicted octanol–water partition coefficient (Wildman–Crippen LogP) is 3.50. The Balaban J connectivity index is 1.53. The van der Waals surface area contributed by atoms with Crippen LogP contribution in [0.5, 0.6) is 0 Å². The number of hydrogen-bond donors (Lipinski definition) is 0. The van der Waals surface area contributed by atoms with Gasteiger partial charge in [0, 0.05) is 31.4 Å². The van der Waals surface area contributed by atoms with Crippen molar-refractivity contribution in [2.24, 2.45) is 0 Å². The molecule has 146 valence electrons. The summed E-state index contributed by atoms with van der Waals surface area (Å²) < 4.78 is 2.00. The lowest BCUT2D eigenvalue weighted by atomic mass is 10.1. The van der Waals surface area contributed by atoms with E-state index in [1.807, 2.05) is 47.8 Å². The van der Waals surface area contributed by atoms with Gasteiger partial charge < -0.3 is 9.80 Å². The molecule has 1 amide bonds. The first-order valence-electron chi connectivity index (χ1n) is 10.1. The summed E-state index contributed by atoms with van der Waals surface area (Å²) in [6, 6.07) is 10.0. The summed E-state index contributed by atoms with van der Waals surface area (Å²) in [4.78, 5) is 17.0. The number of rotatable bonds is 6. The van der Waals surface area contributed by atoms with E-state index in [0.717, 1.165) is 42.1 Å². The van der Waals surface area contributed by atoms with E-state index in [9.17, 15) is 4.79 Å². The smallest absolute Gasteiger partial charge is 0.253 e. The van der Waals surface area contributed by atoms with Crippen LogP contribution in [0, 0.1) is 13.8 Å². The zero-order chi connectivity index (χ0) is 19.2. The zero-order valence-electron chi connectivity index (χ0n) is 16.9. The fourth-order valence-corrected chi connectivity index (χ4v) is 3.73. The Bertz CT molecular complexity index is 742. The first-order valence-corrected chi connectivity index (χ1v) is 10.1. The monoisotopic (exact) mass is 368 g/mol. The van der Waals surface area contributed by atoms with Gasteiger partial charge in [0.2, 0.25) is 0 Å². The molecule has 5 heteroatoms. The van der Waals surface area contributed by atoms with Gasteiger partial charge in [0.1, 0.15) is 0 Å². The second kappa shape index (κ2) is 9.18. The Morgan fingerprint density at radius 1 is 1.07 bits per heavy atom. The summed E-state index contributed by atoms with van der Waals surface area (Å²) in [5, 5.41) is 4.50. The van der Waals surface area contributed by atoms with Crippen LogP contribution in [0.15, 0.2) is 30.3 Å². The molecule has 3 rings (SSSR count). The molecule has 2 heterocycles. The van der Waals surface area contributed by atoms with E-state index in [1.54, 1.807) is 0 Å². The van der Waals surface area contributed by atoms with Crippen molar-refractivity contribution in [3.63, 3.8) is 0 Å². The van der Waals surface area contributed by atoms with E-state index in [-0.39, 0.29) is 5.91 Å². The Kier molecular flexibility index (Phi) is 6.67. The van der Waals surface area contributed by atoms with Crippen LogP contribution in [-0.2, 0) is 6.54 Å². The summed E-state index contributed by atoms with van der Waals surface area (Å²) in [7, 11) is 1.91. The van der Waals surface area contributed by atoms with Gasteiger partial charge in [0.15, 0.2) is 0 Å². The number of aromatic nitrogens is 2. The average molecular weight is 369 g/mol. The highest BCUT2D eigenvalue weighted by atomic mass is 16.2. The second-order valence-corrected chi connectivity index (χ2v) is 7.76. The van der Waals surface area contributed by atoms with Crippen molar-refractivity contribution >= 4 is 5.91 Å². The number of aryl methyl sites for hydroxylation is 2. The summed E-state index contributed by atoms with van der Waals surface area (Å²) in [5.74, 6) is 0.0995. The van der Waals surface area contributed by atoms with E-state index in [0.29, 0.717) is 0 Å². The average Bonchev–Trinajstić information content (AvgIpc) is 2.86. The molecule has 0 aliphatic carbocycles. The summed E-state index contributed by atoms with van der Waals surface area (Å²) in [6.45, 7) is 8.90. The molecule has 1 fully saturated rings. The maximum atomic E-state index is 12.7. The normalized spacial score (nSPS) is 15.5. The van der Waals surface area contributed by atoms with Crippen molar-refractivity contribution in [2.75, 3.05) is 33.2 Å². The first-order chi connectivity index (χ1) is 13.0. The van der Waals surface area contributed by atoms with Gasteiger partial charge in [-0.15, -0.1) is 0 Å². The molecular weight excluding hydrogens is 336 g/mol. The number of nitrogens with zero attached hydrogens (tertiary/aromatic N) is 4. The third-order valence-corrected chi connectivity index (χ3v) is 5.43. The molecule has 0 unspecified atom stereocenters. The molecule has 0 bridgehead atoms. The topological polar surface area (TPSA) is 41.4 Å². The van der Waals surface area contributed by atoms with E-state index >= 15 is 0 Å². The minimum Gasteiger partial charge on any atom is -0.340 e. The lowest BCUT2D eigenvalue weighted by Crippen LogP contribution is -2.36. The molecule has 0 radical (unpaired) electrons. The largest absolute Gasteiger partial charge is 0.340 e. The van der Waals surface area contributed by atoms with E-state index in [4.69, 9.17) is 0 Å². The molecular formula is C22H32N4O. The number of hydrogen-bond acceptors (Lipinski definition) is 3. The number of likely N-dealkylation sites (N-methyl/N-ethyl adjacent to an activating group) is 1.